The number of hydrogen-bond donors (Lipinski definition) is 0. The molecule has 6 heteroatoms. The lowest BCUT2D eigenvalue weighted by atomic mass is 10.1. The lowest BCUT2D eigenvalue weighted by molar-refractivity contribution is 0.427. The van der Waals surface area contributed by atoms with Crippen LogP contribution in [0.4, 0.5) is 0 Å². The summed E-state index contributed by atoms with van der Waals surface area (Å²) in [6.07, 6.45) is 4.98. The number of aromatic nitrogens is 1. The third kappa shape index (κ3) is 4.54. The highest BCUT2D eigenvalue weighted by molar-refractivity contribution is 7.90. The monoisotopic (exact) mass is 352 g/mol. The van der Waals surface area contributed by atoms with Crippen LogP contribution in [-0.2, 0) is 22.0 Å². The van der Waals surface area contributed by atoms with Crippen LogP contribution in [-0.4, -0.2) is 12.4 Å². The van der Waals surface area contributed by atoms with Gasteiger partial charge in [-0.3, -0.25) is 3.96 Å². The predicted molar refractivity (Wildman–Crippen MR) is 95.1 cm³/mol. The Bertz CT molecular complexity index is 810. The molecule has 0 aliphatic rings. The Hall–Kier alpha value is -1.40. The summed E-state index contributed by atoms with van der Waals surface area (Å²) < 4.78 is 31.8. The lowest BCUT2D eigenvalue weighted by Crippen LogP contribution is -2.18. The molecule has 4 nitrogen and oxygen atoms in total. The van der Waals surface area contributed by atoms with Gasteiger partial charge in [-0.05, 0) is 57.3 Å². The largest absolute Gasteiger partial charge is 0.298 e. The maximum absolute atomic E-state index is 12.5. The van der Waals surface area contributed by atoms with Crippen LogP contribution in [0.25, 0.3) is 0 Å². The molecule has 0 fully saturated rings. The smallest absolute Gasteiger partial charge is 0.283 e. The maximum atomic E-state index is 12.5. The highest BCUT2D eigenvalue weighted by Gasteiger charge is 2.18. The summed E-state index contributed by atoms with van der Waals surface area (Å²) in [6, 6.07) is 8.38. The van der Waals surface area contributed by atoms with Gasteiger partial charge in [0.25, 0.3) is 10.0 Å². The van der Waals surface area contributed by atoms with Gasteiger partial charge in [0.05, 0.1) is 4.90 Å². The summed E-state index contributed by atoms with van der Waals surface area (Å²) in [5.41, 5.74) is 0.918. The van der Waals surface area contributed by atoms with Crippen LogP contribution >= 0.6 is 11.5 Å². The summed E-state index contributed by atoms with van der Waals surface area (Å²) in [5.74, 6) is 0. The number of hydrogen-bond acceptors (Lipinski definition) is 3. The van der Waals surface area contributed by atoms with Gasteiger partial charge in [-0.15, -0.1) is 4.40 Å². The first-order valence-electron chi connectivity index (χ1n) is 7.82. The Morgan fingerprint density at radius 3 is 2.39 bits per heavy atom. The average molecular weight is 353 g/mol. The molecule has 0 spiro atoms. The van der Waals surface area contributed by atoms with Gasteiger partial charge in [0.1, 0.15) is 0 Å². The Labute approximate surface area is 142 Å². The van der Waals surface area contributed by atoms with Crippen molar-refractivity contribution in [3.63, 3.8) is 0 Å². The number of unbranched alkanes of at least 4 members (excludes halogenated alkanes) is 1. The van der Waals surface area contributed by atoms with E-state index in [2.05, 4.69) is 36.0 Å². The van der Waals surface area contributed by atoms with Crippen LogP contribution in [0.2, 0.25) is 0 Å². The van der Waals surface area contributed by atoms with E-state index in [4.69, 9.17) is 0 Å². The molecule has 0 bridgehead atoms. The van der Waals surface area contributed by atoms with Gasteiger partial charge in [-0.1, -0.05) is 31.5 Å². The first-order valence-corrected chi connectivity index (χ1v) is 10.0. The number of benzene rings is 1. The maximum Gasteiger partial charge on any atom is 0.283 e. The first-order chi connectivity index (χ1) is 10.7. The summed E-state index contributed by atoms with van der Waals surface area (Å²) in [7, 11) is -3.67. The molecule has 2 rings (SSSR count). The Morgan fingerprint density at radius 1 is 1.17 bits per heavy atom. The van der Waals surface area contributed by atoms with E-state index in [9.17, 15) is 8.42 Å². The zero-order valence-corrected chi connectivity index (χ0v) is 15.7. The molecule has 0 unspecified atom stereocenters. The molecule has 1 aromatic carbocycles. The molecule has 2 aromatic rings. The molecular formula is C17H24N2O2S2. The van der Waals surface area contributed by atoms with E-state index in [-0.39, 0.29) is 10.4 Å². The van der Waals surface area contributed by atoms with E-state index in [1.54, 1.807) is 30.3 Å². The van der Waals surface area contributed by atoms with Crippen molar-refractivity contribution in [2.45, 2.75) is 57.4 Å². The second-order valence-electron chi connectivity index (χ2n) is 6.53. The minimum atomic E-state index is -3.67. The molecule has 0 amide bonds. The van der Waals surface area contributed by atoms with Crippen LogP contribution in [0.1, 0.15) is 46.1 Å². The zero-order chi connectivity index (χ0) is 17.1. The van der Waals surface area contributed by atoms with Crippen molar-refractivity contribution in [3.8, 4) is 0 Å². The van der Waals surface area contributed by atoms with E-state index in [0.717, 1.165) is 24.8 Å². The number of sulfonamides is 1. The van der Waals surface area contributed by atoms with Gasteiger partial charge in [-0.2, -0.15) is 8.42 Å². The van der Waals surface area contributed by atoms with Crippen molar-refractivity contribution in [3.05, 3.63) is 46.8 Å². The highest BCUT2D eigenvalue weighted by Crippen LogP contribution is 2.19. The Kier molecular flexibility index (Phi) is 5.47. The van der Waals surface area contributed by atoms with Crippen molar-refractivity contribution < 1.29 is 8.42 Å². The fraction of sp³-hybridized carbons (Fsp3) is 0.471. The number of aryl methyl sites for hydroxylation is 1. The topological polar surface area (TPSA) is 51.4 Å². The Morgan fingerprint density at radius 2 is 1.83 bits per heavy atom. The van der Waals surface area contributed by atoms with Crippen molar-refractivity contribution in [2.24, 2.45) is 4.40 Å². The summed E-state index contributed by atoms with van der Waals surface area (Å²) in [4.78, 5) is 0.233. The highest BCUT2D eigenvalue weighted by atomic mass is 32.2. The third-order valence-electron chi connectivity index (χ3n) is 3.44. The molecule has 126 valence electrons. The van der Waals surface area contributed by atoms with E-state index < -0.39 is 10.0 Å². The normalized spacial score (nSPS) is 13.5. The average Bonchev–Trinajstić information content (AvgIpc) is 2.88. The second kappa shape index (κ2) is 7.01. The van der Waals surface area contributed by atoms with Gasteiger partial charge in [0.15, 0.2) is 4.67 Å². The third-order valence-corrected chi connectivity index (χ3v) is 6.22. The van der Waals surface area contributed by atoms with Crippen molar-refractivity contribution in [1.82, 2.24) is 3.96 Å². The minimum Gasteiger partial charge on any atom is -0.298 e. The molecule has 0 saturated carbocycles. The van der Waals surface area contributed by atoms with Gasteiger partial charge in [0.2, 0.25) is 0 Å². The Balaban J connectivity index is 2.54. The standard InChI is InChI=1S/C17H24N2O2S2/c1-5-6-10-14-13-19(17(2,3)4)22-16(14)18-23(20,21)15-11-8-7-9-12-15/h7-9,11-13H,5-6,10H2,1-4H3/b18-16-. The van der Waals surface area contributed by atoms with Crippen molar-refractivity contribution >= 4 is 21.6 Å². The molecule has 1 heterocycles. The number of nitrogens with zero attached hydrogens (tertiary/aromatic N) is 2. The summed E-state index contributed by atoms with van der Waals surface area (Å²) >= 11 is 1.41. The van der Waals surface area contributed by atoms with E-state index >= 15 is 0 Å². The van der Waals surface area contributed by atoms with Crippen LogP contribution < -0.4 is 4.67 Å². The minimum absolute atomic E-state index is 0.0874. The molecule has 0 aliphatic carbocycles. The molecule has 0 N–H and O–H groups in total. The quantitative estimate of drug-likeness (QED) is 0.818. The van der Waals surface area contributed by atoms with E-state index in [1.165, 1.54) is 11.5 Å². The first kappa shape index (κ1) is 17.9. The van der Waals surface area contributed by atoms with Gasteiger partial charge < -0.3 is 0 Å². The van der Waals surface area contributed by atoms with Crippen LogP contribution in [0.15, 0.2) is 45.8 Å². The number of rotatable bonds is 5. The SMILES string of the molecule is CCCCc1cn(C(C)(C)C)s/c1=N\S(=O)(=O)c1ccccc1. The predicted octanol–water partition coefficient (Wildman–Crippen LogP) is 3.94. The van der Waals surface area contributed by atoms with Crippen LogP contribution in [0.5, 0.6) is 0 Å². The van der Waals surface area contributed by atoms with Crippen LogP contribution in [0, 0.1) is 0 Å². The molecule has 0 saturated heterocycles. The molecule has 1 aromatic heterocycles. The van der Waals surface area contributed by atoms with Gasteiger partial charge in [-0.25, -0.2) is 0 Å². The molecular weight excluding hydrogens is 328 g/mol. The van der Waals surface area contributed by atoms with Gasteiger partial charge >= 0.3 is 0 Å². The van der Waals surface area contributed by atoms with E-state index in [0.29, 0.717) is 4.67 Å². The molecule has 0 aliphatic heterocycles. The lowest BCUT2D eigenvalue weighted by Gasteiger charge is -2.19. The molecule has 23 heavy (non-hydrogen) atoms. The molecule has 0 atom stereocenters. The fourth-order valence-corrected chi connectivity index (χ4v) is 4.36. The van der Waals surface area contributed by atoms with Crippen LogP contribution in [0.3, 0.4) is 0 Å². The summed E-state index contributed by atoms with van der Waals surface area (Å²) in [6.45, 7) is 8.43. The molecule has 0 radical (unpaired) electrons. The van der Waals surface area contributed by atoms with Crippen molar-refractivity contribution in [1.29, 1.82) is 0 Å². The zero-order valence-electron chi connectivity index (χ0n) is 14.1. The second-order valence-corrected chi connectivity index (χ2v) is 9.10. The van der Waals surface area contributed by atoms with E-state index in [1.807, 2.05) is 6.20 Å². The van der Waals surface area contributed by atoms with Crippen molar-refractivity contribution in [2.75, 3.05) is 0 Å². The van der Waals surface area contributed by atoms with Gasteiger partial charge in [0, 0.05) is 17.3 Å². The fourth-order valence-electron chi connectivity index (χ4n) is 2.07. The summed E-state index contributed by atoms with van der Waals surface area (Å²) in [5, 5.41) is 0.